The quantitative estimate of drug-likeness (QED) is 0.329. The Morgan fingerprint density at radius 1 is 0.917 bits per heavy atom. The van der Waals surface area contributed by atoms with Crippen LogP contribution in [-0.4, -0.2) is 39.9 Å². The second kappa shape index (κ2) is 14.5. The van der Waals surface area contributed by atoms with Crippen molar-refractivity contribution in [3.05, 3.63) is 0 Å². The molecule has 0 aromatic rings. The standard InChI is InChI=1S/C18H38N2O4/c1-16(13-15-20-17(19)21)12-10-8-6-5-7-9-11-14-18(22-2,23-3)24-4/h16H,5-15H2,1-4H3,(H3,19,20,21). The highest BCUT2D eigenvalue weighted by Gasteiger charge is 2.28. The molecular weight excluding hydrogens is 308 g/mol. The molecule has 0 spiro atoms. The van der Waals surface area contributed by atoms with Gasteiger partial charge in [0.1, 0.15) is 0 Å². The first-order valence-corrected chi connectivity index (χ1v) is 9.18. The molecule has 0 aliphatic rings. The second-order valence-corrected chi connectivity index (χ2v) is 6.49. The Labute approximate surface area is 147 Å². The molecular formula is C18H38N2O4. The van der Waals surface area contributed by atoms with Crippen molar-refractivity contribution in [2.24, 2.45) is 11.7 Å². The molecule has 0 rings (SSSR count). The first-order chi connectivity index (χ1) is 11.5. The summed E-state index contributed by atoms with van der Waals surface area (Å²) in [6, 6.07) is -0.430. The van der Waals surface area contributed by atoms with Crippen LogP contribution >= 0.6 is 0 Å². The van der Waals surface area contributed by atoms with Gasteiger partial charge in [-0.25, -0.2) is 4.79 Å². The molecule has 0 saturated carbocycles. The molecule has 0 radical (unpaired) electrons. The Hall–Kier alpha value is -0.850. The minimum absolute atomic E-state index is 0.430. The highest BCUT2D eigenvalue weighted by Crippen LogP contribution is 2.21. The van der Waals surface area contributed by atoms with E-state index < -0.39 is 12.0 Å². The van der Waals surface area contributed by atoms with Gasteiger partial charge in [-0.3, -0.25) is 0 Å². The van der Waals surface area contributed by atoms with Crippen molar-refractivity contribution in [3.63, 3.8) is 0 Å². The van der Waals surface area contributed by atoms with Crippen LogP contribution in [0, 0.1) is 5.92 Å². The van der Waals surface area contributed by atoms with Gasteiger partial charge in [0.05, 0.1) is 0 Å². The Kier molecular flexibility index (Phi) is 14.0. The lowest BCUT2D eigenvalue weighted by molar-refractivity contribution is -0.355. The number of methoxy groups -OCH3 is 3. The van der Waals surface area contributed by atoms with Gasteiger partial charge in [-0.15, -0.1) is 0 Å². The molecule has 6 nitrogen and oxygen atoms in total. The summed E-state index contributed by atoms with van der Waals surface area (Å²) in [7, 11) is 4.83. The minimum Gasteiger partial charge on any atom is -0.352 e. The molecule has 2 amide bonds. The lowest BCUT2D eigenvalue weighted by Gasteiger charge is -2.28. The molecule has 6 heteroatoms. The summed E-state index contributed by atoms with van der Waals surface area (Å²) >= 11 is 0. The van der Waals surface area contributed by atoms with Crippen molar-refractivity contribution < 1.29 is 19.0 Å². The molecule has 1 atom stereocenters. The van der Waals surface area contributed by atoms with Crippen molar-refractivity contribution in [2.45, 2.75) is 77.1 Å². The van der Waals surface area contributed by atoms with Crippen LogP contribution in [0.3, 0.4) is 0 Å². The van der Waals surface area contributed by atoms with Crippen LogP contribution in [-0.2, 0) is 14.2 Å². The van der Waals surface area contributed by atoms with Gasteiger partial charge < -0.3 is 25.3 Å². The van der Waals surface area contributed by atoms with E-state index in [4.69, 9.17) is 19.9 Å². The maximum absolute atomic E-state index is 10.6. The van der Waals surface area contributed by atoms with E-state index in [1.807, 2.05) is 0 Å². The molecule has 3 N–H and O–H groups in total. The Morgan fingerprint density at radius 3 is 1.92 bits per heavy atom. The monoisotopic (exact) mass is 346 g/mol. The molecule has 24 heavy (non-hydrogen) atoms. The van der Waals surface area contributed by atoms with Gasteiger partial charge in [-0.05, 0) is 18.8 Å². The van der Waals surface area contributed by atoms with E-state index in [0.29, 0.717) is 12.5 Å². The van der Waals surface area contributed by atoms with E-state index in [2.05, 4.69) is 12.2 Å². The fourth-order valence-electron chi connectivity index (χ4n) is 2.86. The molecule has 0 saturated heterocycles. The summed E-state index contributed by atoms with van der Waals surface area (Å²) in [5, 5.41) is 2.64. The van der Waals surface area contributed by atoms with Crippen LogP contribution in [0.2, 0.25) is 0 Å². The summed E-state index contributed by atoms with van der Waals surface area (Å²) in [6.07, 6.45) is 11.5. The Morgan fingerprint density at radius 2 is 1.42 bits per heavy atom. The molecule has 0 fully saturated rings. The van der Waals surface area contributed by atoms with E-state index in [1.165, 1.54) is 44.9 Å². The maximum atomic E-state index is 10.6. The first-order valence-electron chi connectivity index (χ1n) is 9.18. The smallest absolute Gasteiger partial charge is 0.312 e. The zero-order valence-electron chi connectivity index (χ0n) is 16.1. The topological polar surface area (TPSA) is 82.8 Å². The number of rotatable bonds is 16. The Balaban J connectivity index is 3.43. The van der Waals surface area contributed by atoms with Gasteiger partial charge in [0.15, 0.2) is 0 Å². The number of urea groups is 1. The summed E-state index contributed by atoms with van der Waals surface area (Å²) in [4.78, 5) is 10.6. The minimum atomic E-state index is -0.875. The summed E-state index contributed by atoms with van der Waals surface area (Å²) in [5.41, 5.74) is 5.04. The predicted octanol–water partition coefficient (Wildman–Crippen LogP) is 3.78. The largest absolute Gasteiger partial charge is 0.352 e. The third kappa shape index (κ3) is 11.6. The molecule has 144 valence electrons. The number of ether oxygens (including phenoxy) is 3. The molecule has 1 unspecified atom stereocenters. The van der Waals surface area contributed by atoms with Gasteiger partial charge in [0, 0.05) is 34.3 Å². The number of primary amides is 1. The van der Waals surface area contributed by atoms with Crippen molar-refractivity contribution >= 4 is 6.03 Å². The summed E-state index contributed by atoms with van der Waals surface area (Å²) < 4.78 is 15.9. The van der Waals surface area contributed by atoms with E-state index in [1.54, 1.807) is 21.3 Å². The lowest BCUT2D eigenvalue weighted by Crippen LogP contribution is -2.35. The van der Waals surface area contributed by atoms with Crippen molar-refractivity contribution in [1.29, 1.82) is 0 Å². The number of nitrogens with two attached hydrogens (primary N) is 1. The van der Waals surface area contributed by atoms with Crippen LogP contribution < -0.4 is 11.1 Å². The molecule has 0 aliphatic carbocycles. The number of carbonyl (C=O) groups is 1. The summed E-state index contributed by atoms with van der Waals surface area (Å²) in [5.74, 6) is -0.235. The first kappa shape index (κ1) is 23.1. The van der Waals surface area contributed by atoms with E-state index in [0.717, 1.165) is 19.3 Å². The lowest BCUT2D eigenvalue weighted by atomic mass is 9.99. The average Bonchev–Trinajstić information content (AvgIpc) is 2.57. The van der Waals surface area contributed by atoms with Gasteiger partial charge in [-0.1, -0.05) is 51.9 Å². The number of amides is 2. The van der Waals surface area contributed by atoms with Gasteiger partial charge >= 0.3 is 6.03 Å². The maximum Gasteiger partial charge on any atom is 0.312 e. The molecule has 0 aromatic heterocycles. The van der Waals surface area contributed by atoms with Gasteiger partial charge in [0.25, 0.3) is 5.97 Å². The van der Waals surface area contributed by atoms with Crippen LogP contribution in [0.25, 0.3) is 0 Å². The second-order valence-electron chi connectivity index (χ2n) is 6.49. The number of nitrogens with one attached hydrogen (secondary N) is 1. The number of hydrogen-bond acceptors (Lipinski definition) is 4. The fourth-order valence-corrected chi connectivity index (χ4v) is 2.86. The van der Waals surface area contributed by atoms with Crippen molar-refractivity contribution in [1.82, 2.24) is 5.32 Å². The number of carbonyl (C=O) groups excluding carboxylic acids is 1. The van der Waals surface area contributed by atoms with E-state index in [9.17, 15) is 4.79 Å². The van der Waals surface area contributed by atoms with Gasteiger partial charge in [-0.2, -0.15) is 0 Å². The van der Waals surface area contributed by atoms with Crippen molar-refractivity contribution in [2.75, 3.05) is 27.9 Å². The zero-order chi connectivity index (χ0) is 18.3. The normalized spacial score (nSPS) is 13.0. The van der Waals surface area contributed by atoms with Gasteiger partial charge in [0.2, 0.25) is 0 Å². The van der Waals surface area contributed by atoms with Crippen molar-refractivity contribution in [3.8, 4) is 0 Å². The molecule has 0 heterocycles. The van der Waals surface area contributed by atoms with E-state index >= 15 is 0 Å². The SMILES string of the molecule is COC(CCCCCCCCCC(C)CCNC(N)=O)(OC)OC. The molecule has 0 bridgehead atoms. The number of hydrogen-bond donors (Lipinski definition) is 2. The van der Waals surface area contributed by atoms with Crippen LogP contribution in [0.4, 0.5) is 4.79 Å². The predicted molar refractivity (Wildman–Crippen MR) is 96.7 cm³/mol. The molecule has 0 aliphatic heterocycles. The third-order valence-electron chi connectivity index (χ3n) is 4.55. The summed E-state index contributed by atoms with van der Waals surface area (Å²) in [6.45, 7) is 2.92. The molecule has 0 aromatic carbocycles. The van der Waals surface area contributed by atoms with E-state index in [-0.39, 0.29) is 0 Å². The van der Waals surface area contributed by atoms with Crippen LogP contribution in [0.15, 0.2) is 0 Å². The Bertz CT molecular complexity index is 301. The average molecular weight is 347 g/mol. The highest BCUT2D eigenvalue weighted by atomic mass is 16.9. The fraction of sp³-hybridized carbons (Fsp3) is 0.944. The van der Waals surface area contributed by atoms with Crippen LogP contribution in [0.1, 0.15) is 71.1 Å². The zero-order valence-corrected chi connectivity index (χ0v) is 16.1. The van der Waals surface area contributed by atoms with Crippen LogP contribution in [0.5, 0.6) is 0 Å². The third-order valence-corrected chi connectivity index (χ3v) is 4.55. The number of unbranched alkanes of at least 4 members (excludes halogenated alkanes) is 6. The highest BCUT2D eigenvalue weighted by molar-refractivity contribution is 5.71.